The van der Waals surface area contributed by atoms with Gasteiger partial charge in [-0.05, 0) is 87.2 Å². The fourth-order valence-electron chi connectivity index (χ4n) is 9.32. The summed E-state index contributed by atoms with van der Waals surface area (Å²) < 4.78 is 2.53. The molecule has 312 valence electrons. The van der Waals surface area contributed by atoms with E-state index in [1.165, 1.54) is 44.2 Å². The fraction of sp³-hybridized carbons (Fsp3) is 0.0984. The molecule has 4 heteroatoms. The van der Waals surface area contributed by atoms with Gasteiger partial charge >= 0.3 is 0 Å². The summed E-state index contributed by atoms with van der Waals surface area (Å²) in [7, 11) is 0. The van der Waals surface area contributed by atoms with E-state index in [1.807, 2.05) is 36.4 Å². The van der Waals surface area contributed by atoms with Gasteiger partial charge < -0.3 is 4.57 Å². The highest BCUT2D eigenvalue weighted by molar-refractivity contribution is 6.12. The van der Waals surface area contributed by atoms with Gasteiger partial charge in [0.2, 0.25) is 0 Å². The highest BCUT2D eigenvalue weighted by atomic mass is 15.0. The molecule has 11 rings (SSSR count). The number of allylic oxidation sites excluding steroid dienone is 4. The zero-order valence-corrected chi connectivity index (χ0v) is 36.9. The van der Waals surface area contributed by atoms with Crippen LogP contribution in [0.2, 0.25) is 0 Å². The molecule has 0 aliphatic heterocycles. The lowest BCUT2D eigenvalue weighted by Gasteiger charge is -2.25. The van der Waals surface area contributed by atoms with E-state index in [-0.39, 0.29) is 11.3 Å². The second-order valence-electron chi connectivity index (χ2n) is 18.0. The maximum Gasteiger partial charge on any atom is 0.164 e. The van der Waals surface area contributed by atoms with Crippen molar-refractivity contribution in [1.82, 2.24) is 19.5 Å². The van der Waals surface area contributed by atoms with E-state index in [1.54, 1.807) is 0 Å². The summed E-state index contributed by atoms with van der Waals surface area (Å²) in [4.78, 5) is 15.6. The molecule has 0 N–H and O–H groups in total. The van der Waals surface area contributed by atoms with Crippen molar-refractivity contribution in [2.75, 3.05) is 0 Å². The quantitative estimate of drug-likeness (QED) is 0.153. The van der Waals surface area contributed by atoms with Gasteiger partial charge in [0.1, 0.15) is 0 Å². The topological polar surface area (TPSA) is 43.6 Å². The third-order valence-corrected chi connectivity index (χ3v) is 12.7. The number of fused-ring (bicyclic) bond motifs is 3. The number of nitrogens with zero attached hydrogens (tertiary/aromatic N) is 4. The Hall–Kier alpha value is -7.95. The van der Waals surface area contributed by atoms with Crippen molar-refractivity contribution in [2.24, 2.45) is 0 Å². The fourth-order valence-corrected chi connectivity index (χ4v) is 9.32. The standard InChI is InChI=1S/C61H48N4/c1-61(2,3)50-33-29-44(30-34-50)52-40-49(60-63-58(45-25-15-7-16-26-45)62-59(64-60)46-27-17-8-18-28-46)39-51(43-23-13-6-14-24-43)57(52)65-55-35-31-47(41-19-9-4-10-20-41)37-53(55)54-38-48(32-36-56(54)65)42-21-11-5-12-22-42/h4-23,25-40,43H,24H2,1-3H3. The average molecular weight is 837 g/mol. The number of hydrogen-bond donors (Lipinski definition) is 0. The molecule has 65 heavy (non-hydrogen) atoms. The molecule has 0 saturated heterocycles. The molecule has 1 aliphatic rings. The van der Waals surface area contributed by atoms with Crippen LogP contribution in [0.5, 0.6) is 0 Å². The predicted molar refractivity (Wildman–Crippen MR) is 271 cm³/mol. The van der Waals surface area contributed by atoms with Crippen LogP contribution in [0.1, 0.15) is 44.2 Å². The second-order valence-corrected chi connectivity index (χ2v) is 18.0. The van der Waals surface area contributed by atoms with Crippen LogP contribution in [0.3, 0.4) is 0 Å². The predicted octanol–water partition coefficient (Wildman–Crippen LogP) is 15.9. The molecule has 0 radical (unpaired) electrons. The molecule has 10 aromatic rings. The zero-order chi connectivity index (χ0) is 43.9. The first-order chi connectivity index (χ1) is 31.9. The van der Waals surface area contributed by atoms with Crippen LogP contribution in [-0.2, 0) is 5.41 Å². The SMILES string of the molecule is CC(C)(C)c1ccc(-c2cc(-c3nc(-c4ccccc4)nc(-c4ccccc4)n3)cc(C3C=CC=CC3)c2-n2c3ccc(-c4ccccc4)cc3c3cc(-c4ccccc4)ccc32)cc1. The lowest BCUT2D eigenvalue weighted by molar-refractivity contribution is 0.590. The summed E-state index contributed by atoms with van der Waals surface area (Å²) in [6, 6.07) is 69.7. The van der Waals surface area contributed by atoms with Crippen molar-refractivity contribution in [3.8, 4) is 73.2 Å². The van der Waals surface area contributed by atoms with Crippen molar-refractivity contribution < 1.29 is 0 Å². The van der Waals surface area contributed by atoms with Crippen LogP contribution in [0.25, 0.3) is 95.0 Å². The molecular weight excluding hydrogens is 789 g/mol. The molecule has 1 atom stereocenters. The van der Waals surface area contributed by atoms with Crippen molar-refractivity contribution in [1.29, 1.82) is 0 Å². The molecule has 4 nitrogen and oxygen atoms in total. The highest BCUT2D eigenvalue weighted by Crippen LogP contribution is 2.45. The third kappa shape index (κ3) is 7.68. The molecule has 0 bridgehead atoms. The Balaban J connectivity index is 1.24. The zero-order valence-electron chi connectivity index (χ0n) is 36.9. The molecule has 0 fully saturated rings. The van der Waals surface area contributed by atoms with Crippen LogP contribution in [0.4, 0.5) is 0 Å². The van der Waals surface area contributed by atoms with Gasteiger partial charge in [0.05, 0.1) is 16.7 Å². The maximum absolute atomic E-state index is 5.28. The maximum atomic E-state index is 5.28. The summed E-state index contributed by atoms with van der Waals surface area (Å²) in [5.41, 5.74) is 15.8. The molecule has 0 saturated carbocycles. The van der Waals surface area contributed by atoms with E-state index in [2.05, 4.69) is 207 Å². The Kier molecular flexibility index (Phi) is 10.2. The molecule has 2 heterocycles. The van der Waals surface area contributed by atoms with Crippen LogP contribution in [0.15, 0.2) is 218 Å². The Morgan fingerprint density at radius 2 is 0.892 bits per heavy atom. The molecule has 0 spiro atoms. The van der Waals surface area contributed by atoms with Gasteiger partial charge in [-0.2, -0.15) is 0 Å². The summed E-state index contributed by atoms with van der Waals surface area (Å²) in [5.74, 6) is 2.01. The number of aromatic nitrogens is 4. The Labute approximate surface area is 381 Å². The molecular formula is C61H48N4. The number of hydrogen-bond acceptors (Lipinski definition) is 3. The van der Waals surface area contributed by atoms with E-state index < -0.39 is 0 Å². The normalized spacial score (nSPS) is 13.7. The minimum Gasteiger partial charge on any atom is -0.308 e. The Bertz CT molecular complexity index is 3240. The van der Waals surface area contributed by atoms with E-state index in [4.69, 9.17) is 15.0 Å². The molecule has 1 unspecified atom stereocenters. The summed E-state index contributed by atoms with van der Waals surface area (Å²) in [5, 5.41) is 2.42. The van der Waals surface area contributed by atoms with Crippen LogP contribution >= 0.6 is 0 Å². The van der Waals surface area contributed by atoms with E-state index in [0.717, 1.165) is 51.0 Å². The van der Waals surface area contributed by atoms with E-state index >= 15 is 0 Å². The van der Waals surface area contributed by atoms with Crippen molar-refractivity contribution in [3.63, 3.8) is 0 Å². The smallest absolute Gasteiger partial charge is 0.164 e. The van der Waals surface area contributed by atoms with Crippen LogP contribution in [0, 0.1) is 0 Å². The Morgan fingerprint density at radius 1 is 0.431 bits per heavy atom. The minimum absolute atomic E-state index is 0.0000931. The molecule has 1 aliphatic carbocycles. The van der Waals surface area contributed by atoms with Crippen molar-refractivity contribution in [3.05, 3.63) is 230 Å². The van der Waals surface area contributed by atoms with Gasteiger partial charge in [0, 0.05) is 38.9 Å². The van der Waals surface area contributed by atoms with Crippen molar-refractivity contribution in [2.45, 2.75) is 38.5 Å². The lowest BCUT2D eigenvalue weighted by Crippen LogP contribution is -2.11. The molecule has 8 aromatic carbocycles. The first-order valence-corrected chi connectivity index (χ1v) is 22.5. The minimum atomic E-state index is -0.0000931. The number of rotatable bonds is 8. The van der Waals surface area contributed by atoms with Gasteiger partial charge in [0.15, 0.2) is 17.5 Å². The summed E-state index contributed by atoms with van der Waals surface area (Å²) >= 11 is 0. The second kappa shape index (κ2) is 16.6. The largest absolute Gasteiger partial charge is 0.308 e. The van der Waals surface area contributed by atoms with Gasteiger partial charge in [-0.3, -0.25) is 0 Å². The lowest BCUT2D eigenvalue weighted by atomic mass is 9.84. The van der Waals surface area contributed by atoms with Crippen LogP contribution in [-0.4, -0.2) is 19.5 Å². The van der Waals surface area contributed by atoms with Crippen LogP contribution < -0.4 is 0 Å². The highest BCUT2D eigenvalue weighted by Gasteiger charge is 2.26. The third-order valence-electron chi connectivity index (χ3n) is 12.7. The average Bonchev–Trinajstić information content (AvgIpc) is 3.69. The van der Waals surface area contributed by atoms with E-state index in [0.29, 0.717) is 17.5 Å². The van der Waals surface area contributed by atoms with Gasteiger partial charge in [-0.25, -0.2) is 15.0 Å². The van der Waals surface area contributed by atoms with Crippen molar-refractivity contribution >= 4 is 21.8 Å². The van der Waals surface area contributed by atoms with Gasteiger partial charge in [-0.1, -0.05) is 203 Å². The number of benzene rings is 8. The molecule has 0 amide bonds. The summed E-state index contributed by atoms with van der Waals surface area (Å²) in [6.07, 6.45) is 9.85. The monoisotopic (exact) mass is 836 g/mol. The van der Waals surface area contributed by atoms with Gasteiger partial charge in [0.25, 0.3) is 0 Å². The Morgan fingerprint density at radius 3 is 1.35 bits per heavy atom. The van der Waals surface area contributed by atoms with E-state index in [9.17, 15) is 0 Å². The summed E-state index contributed by atoms with van der Waals surface area (Å²) in [6.45, 7) is 6.82. The first-order valence-electron chi connectivity index (χ1n) is 22.5. The van der Waals surface area contributed by atoms with Gasteiger partial charge in [-0.15, -0.1) is 0 Å². The molecule has 2 aromatic heterocycles. The first kappa shape index (κ1) is 39.9.